The second-order valence-corrected chi connectivity index (χ2v) is 6.37. The second kappa shape index (κ2) is 6.95. The molecule has 0 aliphatic carbocycles. The Morgan fingerprint density at radius 3 is 2.48 bits per heavy atom. The van der Waals surface area contributed by atoms with Crippen LogP contribution in [0, 0.1) is 11.7 Å². The third-order valence-corrected chi connectivity index (χ3v) is 4.64. The van der Waals surface area contributed by atoms with Gasteiger partial charge >= 0.3 is 0 Å². The summed E-state index contributed by atoms with van der Waals surface area (Å²) in [6.45, 7) is 3.31. The topological polar surface area (TPSA) is 20.3 Å². The van der Waals surface area contributed by atoms with E-state index in [1.54, 1.807) is 0 Å². The monoisotopic (exact) mass is 311 g/mol. The number of anilines is 1. The van der Waals surface area contributed by atoms with E-state index in [9.17, 15) is 9.18 Å². The van der Waals surface area contributed by atoms with Gasteiger partial charge in [-0.05, 0) is 55.9 Å². The van der Waals surface area contributed by atoms with Crippen LogP contribution in [0.2, 0.25) is 0 Å². The molecule has 0 atom stereocenters. The molecule has 2 nitrogen and oxygen atoms in total. The van der Waals surface area contributed by atoms with Crippen molar-refractivity contribution in [2.75, 3.05) is 18.0 Å². The largest absolute Gasteiger partial charge is 0.371 e. The average molecular weight is 311 g/mol. The van der Waals surface area contributed by atoms with Crippen LogP contribution in [0.4, 0.5) is 10.1 Å². The van der Waals surface area contributed by atoms with Crippen molar-refractivity contribution in [3.05, 3.63) is 65.5 Å². The van der Waals surface area contributed by atoms with Gasteiger partial charge < -0.3 is 4.90 Å². The van der Waals surface area contributed by atoms with E-state index < -0.39 is 0 Å². The molecule has 0 unspecified atom stereocenters. The third kappa shape index (κ3) is 3.98. The molecule has 2 aromatic carbocycles. The van der Waals surface area contributed by atoms with Crippen LogP contribution in [0.1, 0.15) is 35.7 Å². The lowest BCUT2D eigenvalue weighted by molar-refractivity contribution is 0.101. The lowest BCUT2D eigenvalue weighted by atomic mass is 9.90. The maximum absolute atomic E-state index is 13.7. The van der Waals surface area contributed by atoms with Gasteiger partial charge in [-0.3, -0.25) is 4.79 Å². The number of benzene rings is 2. The van der Waals surface area contributed by atoms with E-state index in [0.717, 1.165) is 38.0 Å². The molecule has 1 aliphatic rings. The zero-order chi connectivity index (χ0) is 16.2. The molecule has 1 aliphatic heterocycles. The number of ketones is 1. The van der Waals surface area contributed by atoms with Crippen molar-refractivity contribution in [2.45, 2.75) is 26.2 Å². The van der Waals surface area contributed by atoms with Crippen LogP contribution >= 0.6 is 0 Å². The van der Waals surface area contributed by atoms with Crippen molar-refractivity contribution in [2.24, 2.45) is 5.92 Å². The fourth-order valence-electron chi connectivity index (χ4n) is 3.30. The molecule has 0 amide bonds. The Balaban J connectivity index is 1.64. The summed E-state index contributed by atoms with van der Waals surface area (Å²) >= 11 is 0. The Hall–Kier alpha value is -2.16. The number of rotatable bonds is 4. The lowest BCUT2D eigenvalue weighted by Crippen LogP contribution is -2.34. The van der Waals surface area contributed by atoms with Gasteiger partial charge in [-0.15, -0.1) is 0 Å². The highest BCUT2D eigenvalue weighted by Gasteiger charge is 2.20. The fourth-order valence-corrected chi connectivity index (χ4v) is 3.30. The quantitative estimate of drug-likeness (QED) is 0.776. The SMILES string of the molecule is CC(=O)c1cc(F)cc(N2CCC(Cc3ccccc3)CC2)c1. The van der Waals surface area contributed by atoms with Crippen molar-refractivity contribution in [3.63, 3.8) is 0 Å². The van der Waals surface area contributed by atoms with Crippen LogP contribution in [-0.2, 0) is 6.42 Å². The lowest BCUT2D eigenvalue weighted by Gasteiger charge is -2.34. The van der Waals surface area contributed by atoms with E-state index in [4.69, 9.17) is 0 Å². The Bertz CT molecular complexity index is 675. The van der Waals surface area contributed by atoms with Gasteiger partial charge in [0.1, 0.15) is 5.82 Å². The predicted molar refractivity (Wildman–Crippen MR) is 91.5 cm³/mol. The molecule has 1 heterocycles. The average Bonchev–Trinajstić information content (AvgIpc) is 2.56. The molecule has 0 N–H and O–H groups in total. The number of hydrogen-bond donors (Lipinski definition) is 0. The van der Waals surface area contributed by atoms with Gasteiger partial charge in [0, 0.05) is 24.3 Å². The molecule has 2 aromatic rings. The van der Waals surface area contributed by atoms with Gasteiger partial charge in [0.05, 0.1) is 0 Å². The minimum atomic E-state index is -0.334. The van der Waals surface area contributed by atoms with Crippen molar-refractivity contribution in [1.82, 2.24) is 0 Å². The van der Waals surface area contributed by atoms with Gasteiger partial charge in [0.25, 0.3) is 0 Å². The minimum absolute atomic E-state index is 0.0929. The second-order valence-electron chi connectivity index (χ2n) is 6.37. The number of nitrogens with zero attached hydrogens (tertiary/aromatic N) is 1. The molecule has 120 valence electrons. The molecule has 3 rings (SSSR count). The molecule has 3 heteroatoms. The van der Waals surface area contributed by atoms with Crippen molar-refractivity contribution < 1.29 is 9.18 Å². The Morgan fingerprint density at radius 2 is 1.83 bits per heavy atom. The first kappa shape index (κ1) is 15.7. The van der Waals surface area contributed by atoms with E-state index >= 15 is 0 Å². The predicted octanol–water partition coefficient (Wildman–Crippen LogP) is 4.49. The minimum Gasteiger partial charge on any atom is -0.371 e. The molecule has 0 bridgehead atoms. The highest BCUT2D eigenvalue weighted by Crippen LogP contribution is 2.27. The van der Waals surface area contributed by atoms with Crippen LogP contribution in [-0.4, -0.2) is 18.9 Å². The summed E-state index contributed by atoms with van der Waals surface area (Å²) in [5.74, 6) is 0.248. The number of halogens is 1. The van der Waals surface area contributed by atoms with Crippen LogP contribution in [0.3, 0.4) is 0 Å². The fraction of sp³-hybridized carbons (Fsp3) is 0.350. The summed E-state index contributed by atoms with van der Waals surface area (Å²) < 4.78 is 13.7. The smallest absolute Gasteiger partial charge is 0.159 e. The van der Waals surface area contributed by atoms with E-state index in [-0.39, 0.29) is 11.6 Å². The number of Topliss-reactive ketones (excluding diaryl/α,β-unsaturated/α-hetero) is 1. The Morgan fingerprint density at radius 1 is 1.13 bits per heavy atom. The van der Waals surface area contributed by atoms with Crippen molar-refractivity contribution in [1.29, 1.82) is 0 Å². The first-order valence-corrected chi connectivity index (χ1v) is 8.22. The molecule has 0 spiro atoms. The maximum Gasteiger partial charge on any atom is 0.159 e. The summed E-state index contributed by atoms with van der Waals surface area (Å²) in [6, 6.07) is 15.2. The van der Waals surface area contributed by atoms with Crippen molar-refractivity contribution in [3.8, 4) is 0 Å². The molecule has 0 radical (unpaired) electrons. The van der Waals surface area contributed by atoms with E-state index in [1.165, 1.54) is 24.6 Å². The molecule has 0 saturated carbocycles. The standard InChI is InChI=1S/C20H22FNO/c1-15(23)18-12-19(21)14-20(13-18)22-9-7-17(8-10-22)11-16-5-3-2-4-6-16/h2-6,12-14,17H,7-11H2,1H3. The number of piperidine rings is 1. The summed E-state index contributed by atoms with van der Waals surface area (Å²) in [4.78, 5) is 13.7. The first-order valence-electron chi connectivity index (χ1n) is 8.22. The number of hydrogen-bond acceptors (Lipinski definition) is 2. The zero-order valence-corrected chi connectivity index (χ0v) is 13.5. The van der Waals surface area contributed by atoms with Crippen LogP contribution in [0.25, 0.3) is 0 Å². The molecular weight excluding hydrogens is 289 g/mol. The zero-order valence-electron chi connectivity index (χ0n) is 13.5. The van der Waals surface area contributed by atoms with Crippen LogP contribution < -0.4 is 4.90 Å². The van der Waals surface area contributed by atoms with Crippen LogP contribution in [0.5, 0.6) is 0 Å². The van der Waals surface area contributed by atoms with E-state index in [2.05, 4.69) is 29.2 Å². The highest BCUT2D eigenvalue weighted by molar-refractivity contribution is 5.95. The normalized spacial score (nSPS) is 15.7. The summed E-state index contributed by atoms with van der Waals surface area (Å²) in [6.07, 6.45) is 3.30. The van der Waals surface area contributed by atoms with Gasteiger partial charge in [0.15, 0.2) is 5.78 Å². The van der Waals surface area contributed by atoms with Gasteiger partial charge in [-0.25, -0.2) is 4.39 Å². The van der Waals surface area contributed by atoms with Crippen molar-refractivity contribution >= 4 is 11.5 Å². The number of carbonyl (C=O) groups is 1. The third-order valence-electron chi connectivity index (χ3n) is 4.64. The molecule has 0 aromatic heterocycles. The highest BCUT2D eigenvalue weighted by atomic mass is 19.1. The first-order chi connectivity index (χ1) is 11.1. The molecule has 1 saturated heterocycles. The van der Waals surface area contributed by atoms with Gasteiger partial charge in [0.2, 0.25) is 0 Å². The summed E-state index contributed by atoms with van der Waals surface area (Å²) in [5, 5.41) is 0. The summed E-state index contributed by atoms with van der Waals surface area (Å²) in [5.41, 5.74) is 2.66. The van der Waals surface area contributed by atoms with Gasteiger partial charge in [-0.1, -0.05) is 30.3 Å². The Labute approximate surface area is 136 Å². The van der Waals surface area contributed by atoms with E-state index in [0.29, 0.717) is 11.5 Å². The molecule has 23 heavy (non-hydrogen) atoms. The molecule has 1 fully saturated rings. The Kier molecular flexibility index (Phi) is 4.75. The molecular formula is C20H22FNO. The van der Waals surface area contributed by atoms with Gasteiger partial charge in [-0.2, -0.15) is 0 Å². The number of carbonyl (C=O) groups excluding carboxylic acids is 1. The summed E-state index contributed by atoms with van der Waals surface area (Å²) in [7, 11) is 0. The van der Waals surface area contributed by atoms with E-state index in [1.807, 2.05) is 12.1 Å². The maximum atomic E-state index is 13.7. The van der Waals surface area contributed by atoms with Crippen LogP contribution in [0.15, 0.2) is 48.5 Å².